The maximum absolute atomic E-state index is 11.6. The summed E-state index contributed by atoms with van der Waals surface area (Å²) in [6.07, 6.45) is 0.0881. The molecule has 0 radical (unpaired) electrons. The van der Waals surface area contributed by atoms with E-state index in [2.05, 4.69) is 16.0 Å². The fourth-order valence-electron chi connectivity index (χ4n) is 1.79. The summed E-state index contributed by atoms with van der Waals surface area (Å²) in [5, 5.41) is 7.66. The Labute approximate surface area is 110 Å². The molecule has 1 aromatic carbocycles. The van der Waals surface area contributed by atoms with E-state index in [1.807, 2.05) is 30.3 Å². The van der Waals surface area contributed by atoms with E-state index in [-0.39, 0.29) is 30.7 Å². The molecule has 0 spiro atoms. The van der Waals surface area contributed by atoms with Crippen molar-refractivity contribution in [3.05, 3.63) is 35.9 Å². The van der Waals surface area contributed by atoms with Gasteiger partial charge in [-0.3, -0.25) is 25.0 Å². The topological polar surface area (TPSA) is 87.3 Å². The summed E-state index contributed by atoms with van der Waals surface area (Å²) in [6.45, 7) is 0.454. The number of imide groups is 1. The van der Waals surface area contributed by atoms with Crippen LogP contribution >= 0.6 is 0 Å². The highest BCUT2D eigenvalue weighted by atomic mass is 16.2. The first-order valence-electron chi connectivity index (χ1n) is 6.03. The molecule has 0 aromatic heterocycles. The molecule has 0 aliphatic carbocycles. The van der Waals surface area contributed by atoms with Crippen LogP contribution < -0.4 is 16.0 Å². The van der Waals surface area contributed by atoms with Crippen LogP contribution in [0.3, 0.4) is 0 Å². The van der Waals surface area contributed by atoms with Crippen molar-refractivity contribution >= 4 is 17.7 Å². The molecule has 3 amide bonds. The monoisotopic (exact) mass is 261 g/mol. The van der Waals surface area contributed by atoms with Crippen LogP contribution in [0.5, 0.6) is 0 Å². The molecule has 0 saturated carbocycles. The number of carbonyl (C=O) groups excluding carboxylic acids is 3. The lowest BCUT2D eigenvalue weighted by Gasteiger charge is -2.09. The van der Waals surface area contributed by atoms with Crippen LogP contribution in [0, 0.1) is 0 Å². The Morgan fingerprint density at radius 2 is 2.00 bits per heavy atom. The molecule has 1 heterocycles. The number of nitrogens with one attached hydrogen (secondary N) is 3. The summed E-state index contributed by atoms with van der Waals surface area (Å²) in [7, 11) is 0. The summed E-state index contributed by atoms with van der Waals surface area (Å²) in [4.78, 5) is 33.8. The number of rotatable bonds is 5. The van der Waals surface area contributed by atoms with Crippen LogP contribution in [0.1, 0.15) is 12.0 Å². The fourth-order valence-corrected chi connectivity index (χ4v) is 1.79. The minimum Gasteiger partial charge on any atom is -0.351 e. The van der Waals surface area contributed by atoms with Gasteiger partial charge in [0.05, 0.1) is 19.0 Å². The Morgan fingerprint density at radius 1 is 1.26 bits per heavy atom. The first-order chi connectivity index (χ1) is 9.15. The zero-order valence-corrected chi connectivity index (χ0v) is 10.3. The SMILES string of the molecule is O=C(CNC1CC(=O)NC1=O)NCc1ccccc1. The van der Waals surface area contributed by atoms with E-state index in [1.165, 1.54) is 0 Å². The molecule has 6 nitrogen and oxygen atoms in total. The molecule has 6 heteroatoms. The second kappa shape index (κ2) is 6.10. The number of amides is 3. The molecule has 1 aromatic rings. The van der Waals surface area contributed by atoms with Gasteiger partial charge in [-0.25, -0.2) is 0 Å². The summed E-state index contributed by atoms with van der Waals surface area (Å²) >= 11 is 0. The molecule has 1 saturated heterocycles. The Kier molecular flexibility index (Phi) is 4.25. The summed E-state index contributed by atoms with van der Waals surface area (Å²) in [6, 6.07) is 8.92. The second-order valence-corrected chi connectivity index (χ2v) is 4.31. The first-order valence-corrected chi connectivity index (χ1v) is 6.03. The molecule has 1 fully saturated rings. The molecule has 1 unspecified atom stereocenters. The van der Waals surface area contributed by atoms with Crippen LogP contribution in [0.4, 0.5) is 0 Å². The number of benzene rings is 1. The van der Waals surface area contributed by atoms with Gasteiger partial charge in [0.2, 0.25) is 17.7 Å². The lowest BCUT2D eigenvalue weighted by molar-refractivity contribution is -0.125. The summed E-state index contributed by atoms with van der Waals surface area (Å²) in [5.74, 6) is -0.899. The van der Waals surface area contributed by atoms with Gasteiger partial charge in [0, 0.05) is 6.54 Å². The maximum Gasteiger partial charge on any atom is 0.244 e. The average molecular weight is 261 g/mol. The Bertz CT molecular complexity index is 487. The van der Waals surface area contributed by atoms with Gasteiger partial charge >= 0.3 is 0 Å². The lowest BCUT2D eigenvalue weighted by atomic mass is 10.2. The Balaban J connectivity index is 1.70. The van der Waals surface area contributed by atoms with Crippen molar-refractivity contribution in [2.24, 2.45) is 0 Å². The molecule has 0 bridgehead atoms. The minimum absolute atomic E-state index is 0.0121. The predicted molar refractivity (Wildman–Crippen MR) is 67.8 cm³/mol. The van der Waals surface area contributed by atoms with Gasteiger partial charge in [-0.1, -0.05) is 30.3 Å². The summed E-state index contributed by atoms with van der Waals surface area (Å²) < 4.78 is 0. The molecular weight excluding hydrogens is 246 g/mol. The third-order valence-corrected chi connectivity index (χ3v) is 2.81. The third kappa shape index (κ3) is 3.89. The largest absolute Gasteiger partial charge is 0.351 e. The Hall–Kier alpha value is -2.21. The number of hydrogen-bond donors (Lipinski definition) is 3. The van der Waals surface area contributed by atoms with Crippen molar-refractivity contribution in [1.82, 2.24) is 16.0 Å². The van der Waals surface area contributed by atoms with E-state index < -0.39 is 6.04 Å². The van der Waals surface area contributed by atoms with Crippen LogP contribution in [0.15, 0.2) is 30.3 Å². The van der Waals surface area contributed by atoms with Gasteiger partial charge < -0.3 is 5.32 Å². The Morgan fingerprint density at radius 3 is 2.63 bits per heavy atom. The van der Waals surface area contributed by atoms with Crippen molar-refractivity contribution in [1.29, 1.82) is 0 Å². The van der Waals surface area contributed by atoms with Crippen molar-refractivity contribution < 1.29 is 14.4 Å². The molecule has 3 N–H and O–H groups in total. The van der Waals surface area contributed by atoms with E-state index in [1.54, 1.807) is 0 Å². The molecule has 19 heavy (non-hydrogen) atoms. The van der Waals surface area contributed by atoms with E-state index in [0.717, 1.165) is 5.56 Å². The smallest absolute Gasteiger partial charge is 0.244 e. The van der Waals surface area contributed by atoms with E-state index in [4.69, 9.17) is 0 Å². The normalized spacial score (nSPS) is 18.2. The van der Waals surface area contributed by atoms with Crippen LogP contribution in [-0.4, -0.2) is 30.3 Å². The molecular formula is C13H15N3O3. The average Bonchev–Trinajstić information content (AvgIpc) is 2.73. The lowest BCUT2D eigenvalue weighted by Crippen LogP contribution is -2.42. The standard InChI is InChI=1S/C13H15N3O3/c17-11-6-10(13(19)16-11)14-8-12(18)15-7-9-4-2-1-3-5-9/h1-5,10,14H,6-8H2,(H,15,18)(H,16,17,19). The predicted octanol–water partition coefficient (Wildman–Crippen LogP) is -0.692. The third-order valence-electron chi connectivity index (χ3n) is 2.81. The summed E-state index contributed by atoms with van der Waals surface area (Å²) in [5.41, 5.74) is 1.00. The van der Waals surface area contributed by atoms with Crippen LogP contribution in [0.25, 0.3) is 0 Å². The van der Waals surface area contributed by atoms with E-state index in [9.17, 15) is 14.4 Å². The second-order valence-electron chi connectivity index (χ2n) is 4.31. The highest BCUT2D eigenvalue weighted by Crippen LogP contribution is 2.00. The molecule has 1 aliphatic heterocycles. The van der Waals surface area contributed by atoms with Gasteiger partial charge in [0.1, 0.15) is 0 Å². The zero-order valence-electron chi connectivity index (χ0n) is 10.3. The fraction of sp³-hybridized carbons (Fsp3) is 0.308. The van der Waals surface area contributed by atoms with Gasteiger partial charge in [0.15, 0.2) is 0 Å². The zero-order chi connectivity index (χ0) is 13.7. The first kappa shape index (κ1) is 13.2. The highest BCUT2D eigenvalue weighted by Gasteiger charge is 2.30. The van der Waals surface area contributed by atoms with Gasteiger partial charge in [0.25, 0.3) is 0 Å². The van der Waals surface area contributed by atoms with Crippen molar-refractivity contribution in [2.75, 3.05) is 6.54 Å². The molecule has 2 rings (SSSR count). The van der Waals surface area contributed by atoms with Crippen molar-refractivity contribution in [2.45, 2.75) is 19.0 Å². The number of hydrogen-bond acceptors (Lipinski definition) is 4. The van der Waals surface area contributed by atoms with Gasteiger partial charge in [-0.05, 0) is 5.56 Å². The molecule has 1 atom stereocenters. The van der Waals surface area contributed by atoms with E-state index >= 15 is 0 Å². The number of carbonyl (C=O) groups is 3. The quantitative estimate of drug-likeness (QED) is 0.612. The van der Waals surface area contributed by atoms with Crippen molar-refractivity contribution in [3.63, 3.8) is 0 Å². The highest BCUT2D eigenvalue weighted by molar-refractivity contribution is 6.05. The van der Waals surface area contributed by atoms with Crippen molar-refractivity contribution in [3.8, 4) is 0 Å². The minimum atomic E-state index is -0.602. The molecule has 1 aliphatic rings. The van der Waals surface area contributed by atoms with E-state index in [0.29, 0.717) is 6.54 Å². The molecule has 100 valence electrons. The van der Waals surface area contributed by atoms with Crippen LogP contribution in [0.2, 0.25) is 0 Å². The van der Waals surface area contributed by atoms with Crippen LogP contribution in [-0.2, 0) is 20.9 Å². The van der Waals surface area contributed by atoms with Gasteiger partial charge in [-0.2, -0.15) is 0 Å². The maximum atomic E-state index is 11.6. The van der Waals surface area contributed by atoms with Gasteiger partial charge in [-0.15, -0.1) is 0 Å².